The summed E-state index contributed by atoms with van der Waals surface area (Å²) in [4.78, 5) is 0. The third kappa shape index (κ3) is 4.41. The molecular formula is C16H25O. The standard InChI is InChI=1S/C16H25O/c1-15(2,3)14(16(4,5)6)12-17-13-10-8-7-9-11-13/h8-11,14H,12H2,1-6H3. The average Bonchev–Trinajstić information content (AvgIpc) is 2.15. The van der Waals surface area contributed by atoms with Crippen LogP contribution in [-0.4, -0.2) is 6.61 Å². The zero-order valence-electron chi connectivity index (χ0n) is 12.0. The number of ether oxygens (including phenoxy) is 1. The van der Waals surface area contributed by atoms with E-state index in [2.05, 4.69) is 47.6 Å². The topological polar surface area (TPSA) is 9.23 Å². The quantitative estimate of drug-likeness (QED) is 0.743. The van der Waals surface area contributed by atoms with Crippen LogP contribution in [-0.2, 0) is 0 Å². The summed E-state index contributed by atoms with van der Waals surface area (Å²) < 4.78 is 5.90. The van der Waals surface area contributed by atoms with Crippen LogP contribution in [0.5, 0.6) is 5.75 Å². The molecule has 0 N–H and O–H groups in total. The summed E-state index contributed by atoms with van der Waals surface area (Å²) in [6.07, 6.45) is 0. The maximum atomic E-state index is 5.90. The molecule has 1 aromatic rings. The lowest BCUT2D eigenvalue weighted by atomic mass is 9.67. The van der Waals surface area contributed by atoms with Crippen molar-refractivity contribution in [3.05, 3.63) is 30.3 Å². The summed E-state index contributed by atoms with van der Waals surface area (Å²) in [5, 5.41) is 0. The van der Waals surface area contributed by atoms with Gasteiger partial charge in [-0.25, -0.2) is 0 Å². The highest BCUT2D eigenvalue weighted by Gasteiger charge is 2.35. The Bertz CT molecular complexity index is 313. The lowest BCUT2D eigenvalue weighted by molar-refractivity contribution is 0.0505. The third-order valence-corrected chi connectivity index (χ3v) is 3.20. The molecule has 0 aliphatic heterocycles. The zero-order chi connectivity index (χ0) is 13.1. The molecule has 1 heteroatoms. The van der Waals surface area contributed by atoms with E-state index in [0.717, 1.165) is 12.4 Å². The van der Waals surface area contributed by atoms with Crippen LogP contribution in [0, 0.1) is 22.8 Å². The lowest BCUT2D eigenvalue weighted by Gasteiger charge is -2.40. The first-order valence-corrected chi connectivity index (χ1v) is 6.30. The molecule has 0 aliphatic carbocycles. The predicted octanol–water partition coefficient (Wildman–Crippen LogP) is 4.57. The summed E-state index contributed by atoms with van der Waals surface area (Å²) in [5.41, 5.74) is 0.498. The fourth-order valence-corrected chi connectivity index (χ4v) is 2.45. The Labute approximate surface area is 106 Å². The molecule has 0 unspecified atom stereocenters. The summed E-state index contributed by atoms with van der Waals surface area (Å²) in [7, 11) is 0. The molecule has 1 radical (unpaired) electrons. The van der Waals surface area contributed by atoms with Gasteiger partial charge in [-0.1, -0.05) is 53.7 Å². The second-order valence-electron chi connectivity index (χ2n) is 6.83. The fourth-order valence-electron chi connectivity index (χ4n) is 2.45. The Balaban J connectivity index is 2.70. The van der Waals surface area contributed by atoms with Crippen molar-refractivity contribution in [3.8, 4) is 5.75 Å². The van der Waals surface area contributed by atoms with E-state index in [1.807, 2.05) is 24.3 Å². The van der Waals surface area contributed by atoms with Gasteiger partial charge < -0.3 is 4.74 Å². The van der Waals surface area contributed by atoms with Crippen LogP contribution in [0.15, 0.2) is 24.3 Å². The maximum absolute atomic E-state index is 5.90. The van der Waals surface area contributed by atoms with E-state index in [4.69, 9.17) is 4.74 Å². The molecular weight excluding hydrogens is 208 g/mol. The molecule has 0 saturated heterocycles. The molecule has 0 amide bonds. The molecule has 0 atom stereocenters. The van der Waals surface area contributed by atoms with Gasteiger partial charge in [-0.05, 0) is 29.0 Å². The van der Waals surface area contributed by atoms with Gasteiger partial charge in [0.15, 0.2) is 0 Å². The normalized spacial score (nSPS) is 12.9. The molecule has 1 nitrogen and oxygen atoms in total. The second kappa shape index (κ2) is 5.12. The molecule has 0 spiro atoms. The van der Waals surface area contributed by atoms with Crippen LogP contribution in [0.1, 0.15) is 41.5 Å². The van der Waals surface area contributed by atoms with Crippen molar-refractivity contribution in [2.24, 2.45) is 16.7 Å². The monoisotopic (exact) mass is 233 g/mol. The summed E-state index contributed by atoms with van der Waals surface area (Å²) in [6.45, 7) is 14.5. The molecule has 0 aliphatic rings. The third-order valence-electron chi connectivity index (χ3n) is 3.20. The van der Waals surface area contributed by atoms with Crippen molar-refractivity contribution in [1.82, 2.24) is 0 Å². The van der Waals surface area contributed by atoms with Crippen LogP contribution < -0.4 is 4.74 Å². The van der Waals surface area contributed by atoms with Gasteiger partial charge in [0.05, 0.1) is 6.61 Å². The van der Waals surface area contributed by atoms with Crippen molar-refractivity contribution in [1.29, 1.82) is 0 Å². The minimum absolute atomic E-state index is 0.249. The molecule has 0 aromatic heterocycles. The molecule has 0 bridgehead atoms. The first-order valence-electron chi connectivity index (χ1n) is 6.30. The van der Waals surface area contributed by atoms with Gasteiger partial charge in [0.1, 0.15) is 5.75 Å². The molecule has 0 saturated carbocycles. The minimum atomic E-state index is 0.249. The van der Waals surface area contributed by atoms with E-state index in [1.165, 1.54) is 0 Å². The van der Waals surface area contributed by atoms with Crippen molar-refractivity contribution in [3.63, 3.8) is 0 Å². The van der Waals surface area contributed by atoms with Crippen molar-refractivity contribution in [2.45, 2.75) is 41.5 Å². The largest absolute Gasteiger partial charge is 0.493 e. The Morgan fingerprint density at radius 2 is 1.47 bits per heavy atom. The summed E-state index contributed by atoms with van der Waals surface area (Å²) in [5.74, 6) is 1.45. The van der Waals surface area contributed by atoms with Crippen molar-refractivity contribution >= 4 is 0 Å². The Morgan fingerprint density at radius 3 is 1.88 bits per heavy atom. The van der Waals surface area contributed by atoms with Gasteiger partial charge in [0, 0.05) is 5.92 Å². The number of benzene rings is 1. The number of hydrogen-bond acceptors (Lipinski definition) is 1. The van der Waals surface area contributed by atoms with E-state index in [-0.39, 0.29) is 10.8 Å². The lowest BCUT2D eigenvalue weighted by Crippen LogP contribution is -2.37. The molecule has 1 rings (SSSR count). The highest BCUT2D eigenvalue weighted by Crippen LogP contribution is 2.40. The maximum Gasteiger partial charge on any atom is 0.119 e. The highest BCUT2D eigenvalue weighted by molar-refractivity contribution is 5.20. The summed E-state index contributed by atoms with van der Waals surface area (Å²) >= 11 is 0. The van der Waals surface area contributed by atoms with E-state index in [9.17, 15) is 0 Å². The van der Waals surface area contributed by atoms with Crippen LogP contribution in [0.2, 0.25) is 0 Å². The molecule has 0 heterocycles. The van der Waals surface area contributed by atoms with E-state index < -0.39 is 0 Å². The minimum Gasteiger partial charge on any atom is -0.493 e. The average molecular weight is 233 g/mol. The van der Waals surface area contributed by atoms with Crippen molar-refractivity contribution in [2.75, 3.05) is 6.61 Å². The number of hydrogen-bond donors (Lipinski definition) is 0. The van der Waals surface area contributed by atoms with Gasteiger partial charge in [-0.15, -0.1) is 0 Å². The Morgan fingerprint density at radius 1 is 1.00 bits per heavy atom. The Kier molecular flexibility index (Phi) is 4.24. The molecule has 95 valence electrons. The smallest absolute Gasteiger partial charge is 0.119 e. The first kappa shape index (κ1) is 14.1. The molecule has 17 heavy (non-hydrogen) atoms. The van der Waals surface area contributed by atoms with Gasteiger partial charge in [0.25, 0.3) is 0 Å². The van der Waals surface area contributed by atoms with E-state index >= 15 is 0 Å². The SMILES string of the molecule is CC(C)(C)C(COc1cc[c]cc1)C(C)(C)C. The fraction of sp³-hybridized carbons (Fsp3) is 0.625. The molecule has 0 fully saturated rings. The zero-order valence-corrected chi connectivity index (χ0v) is 12.0. The van der Waals surface area contributed by atoms with Crippen LogP contribution in [0.3, 0.4) is 0 Å². The van der Waals surface area contributed by atoms with Crippen molar-refractivity contribution < 1.29 is 4.74 Å². The van der Waals surface area contributed by atoms with Crippen LogP contribution in [0.4, 0.5) is 0 Å². The van der Waals surface area contributed by atoms with Gasteiger partial charge in [-0.2, -0.15) is 0 Å². The Hall–Kier alpha value is -0.980. The highest BCUT2D eigenvalue weighted by atomic mass is 16.5. The first-order chi connectivity index (χ1) is 7.71. The predicted molar refractivity (Wildman–Crippen MR) is 73.2 cm³/mol. The van der Waals surface area contributed by atoms with E-state index in [1.54, 1.807) is 0 Å². The second-order valence-corrected chi connectivity index (χ2v) is 6.83. The van der Waals surface area contributed by atoms with Gasteiger partial charge in [-0.3, -0.25) is 0 Å². The number of rotatable bonds is 3. The van der Waals surface area contributed by atoms with Crippen LogP contribution >= 0.6 is 0 Å². The van der Waals surface area contributed by atoms with Gasteiger partial charge in [0.2, 0.25) is 0 Å². The molecule has 1 aromatic carbocycles. The van der Waals surface area contributed by atoms with E-state index in [0.29, 0.717) is 5.92 Å². The van der Waals surface area contributed by atoms with Crippen LogP contribution in [0.25, 0.3) is 0 Å². The summed E-state index contributed by atoms with van der Waals surface area (Å²) in [6, 6.07) is 10.7. The van der Waals surface area contributed by atoms with Gasteiger partial charge >= 0.3 is 0 Å².